The van der Waals surface area contributed by atoms with Gasteiger partial charge in [0.1, 0.15) is 5.82 Å². The smallest absolute Gasteiger partial charge is 0.390 e. The van der Waals surface area contributed by atoms with E-state index in [-0.39, 0.29) is 22.6 Å². The highest BCUT2D eigenvalue weighted by Gasteiger charge is 2.39. The van der Waals surface area contributed by atoms with Crippen molar-refractivity contribution in [2.24, 2.45) is 5.92 Å². The van der Waals surface area contributed by atoms with E-state index in [9.17, 15) is 31.1 Å². The van der Waals surface area contributed by atoms with Gasteiger partial charge in [-0.05, 0) is 68.4 Å². The van der Waals surface area contributed by atoms with Gasteiger partial charge in [0, 0.05) is 5.56 Å². The predicted molar refractivity (Wildman–Crippen MR) is 106 cm³/mol. The number of nitrogens with zero attached hydrogens (tertiary/aromatic N) is 1. The van der Waals surface area contributed by atoms with Crippen molar-refractivity contribution in [3.8, 4) is 17.2 Å². The van der Waals surface area contributed by atoms with Crippen molar-refractivity contribution < 1.29 is 31.1 Å². The van der Waals surface area contributed by atoms with Gasteiger partial charge < -0.3 is 5.11 Å². The van der Waals surface area contributed by atoms with Crippen LogP contribution < -0.4 is 0 Å². The van der Waals surface area contributed by atoms with E-state index in [0.29, 0.717) is 31.7 Å². The molecule has 166 valence electrons. The normalized spacial score (nSPS) is 22.2. The third kappa shape index (κ3) is 5.25. The van der Waals surface area contributed by atoms with Gasteiger partial charge in [-0.3, -0.25) is 0 Å². The lowest BCUT2D eigenvalue weighted by Crippen LogP contribution is -2.33. The molecule has 0 radical (unpaired) electrons. The maximum absolute atomic E-state index is 14.3. The zero-order chi connectivity index (χ0) is 23.0. The molecule has 0 heterocycles. The van der Waals surface area contributed by atoms with Gasteiger partial charge in [-0.1, -0.05) is 12.1 Å². The predicted octanol–water partition coefficient (Wildman–Crippen LogP) is 5.10. The van der Waals surface area contributed by atoms with E-state index in [1.165, 1.54) is 12.1 Å². The zero-order valence-electron chi connectivity index (χ0n) is 16.7. The molecule has 3 rings (SSSR count). The first-order valence-electron chi connectivity index (χ1n) is 9.69. The van der Waals surface area contributed by atoms with Crippen LogP contribution in [-0.4, -0.2) is 24.9 Å². The van der Waals surface area contributed by atoms with Gasteiger partial charge in [-0.2, -0.15) is 18.4 Å². The standard InChI is InChI=1S/C22H21F4NO3S/c1-21(28)8-6-14(7-9-21)13-31(29,30)20-5-3-16(11-18(20)22(24,25)26)17-4-2-15(12-27)10-19(17)23/h2-5,10-11,14,28H,6-9,13H2,1H3. The molecule has 4 nitrogen and oxygen atoms in total. The lowest BCUT2D eigenvalue weighted by molar-refractivity contribution is -0.139. The number of alkyl halides is 3. The van der Waals surface area contributed by atoms with Crippen molar-refractivity contribution in [3.05, 3.63) is 53.3 Å². The van der Waals surface area contributed by atoms with Gasteiger partial charge >= 0.3 is 6.18 Å². The fraction of sp³-hybridized carbons (Fsp3) is 0.409. The molecule has 1 fully saturated rings. The Labute approximate surface area is 178 Å². The monoisotopic (exact) mass is 455 g/mol. The Morgan fingerprint density at radius 2 is 1.81 bits per heavy atom. The summed E-state index contributed by atoms with van der Waals surface area (Å²) in [4.78, 5) is -0.838. The Morgan fingerprint density at radius 1 is 1.16 bits per heavy atom. The Morgan fingerprint density at radius 3 is 2.35 bits per heavy atom. The van der Waals surface area contributed by atoms with Gasteiger partial charge in [0.15, 0.2) is 9.84 Å². The summed E-state index contributed by atoms with van der Waals surface area (Å²) in [7, 11) is -4.27. The molecule has 0 amide bonds. The largest absolute Gasteiger partial charge is 0.417 e. The lowest BCUT2D eigenvalue weighted by atomic mass is 9.81. The molecule has 0 aromatic heterocycles. The van der Waals surface area contributed by atoms with Gasteiger partial charge in [-0.25, -0.2) is 12.8 Å². The maximum Gasteiger partial charge on any atom is 0.417 e. The first-order valence-corrected chi connectivity index (χ1v) is 11.3. The zero-order valence-corrected chi connectivity index (χ0v) is 17.5. The molecule has 1 N–H and O–H groups in total. The third-order valence-corrected chi connectivity index (χ3v) is 7.60. The Balaban J connectivity index is 1.98. The molecular formula is C22H21F4NO3S. The van der Waals surface area contributed by atoms with Crippen LogP contribution in [0, 0.1) is 23.1 Å². The summed E-state index contributed by atoms with van der Waals surface area (Å²) in [6.07, 6.45) is -3.38. The molecule has 2 aromatic rings. The highest BCUT2D eigenvalue weighted by molar-refractivity contribution is 7.91. The quantitative estimate of drug-likeness (QED) is 0.651. The van der Waals surface area contributed by atoms with Gasteiger partial charge in [0.25, 0.3) is 0 Å². The molecule has 9 heteroatoms. The van der Waals surface area contributed by atoms with E-state index >= 15 is 0 Å². The van der Waals surface area contributed by atoms with Crippen molar-refractivity contribution in [2.45, 2.75) is 49.3 Å². The van der Waals surface area contributed by atoms with Gasteiger partial charge in [-0.15, -0.1) is 0 Å². The summed E-state index contributed by atoms with van der Waals surface area (Å²) < 4.78 is 81.2. The minimum absolute atomic E-state index is 0.0166. The van der Waals surface area contributed by atoms with Gasteiger partial charge in [0.2, 0.25) is 0 Å². The van der Waals surface area contributed by atoms with Crippen LogP contribution >= 0.6 is 0 Å². The first-order chi connectivity index (χ1) is 14.3. The summed E-state index contributed by atoms with van der Waals surface area (Å²) in [6.45, 7) is 1.65. The Kier molecular flexibility index (Phi) is 6.18. The first kappa shape index (κ1) is 23.2. The van der Waals surface area contributed by atoms with Crippen LogP contribution in [0.25, 0.3) is 11.1 Å². The van der Waals surface area contributed by atoms with Crippen molar-refractivity contribution in [2.75, 3.05) is 5.75 Å². The highest BCUT2D eigenvalue weighted by Crippen LogP contribution is 2.39. The van der Waals surface area contributed by atoms with E-state index in [1.807, 2.05) is 0 Å². The summed E-state index contributed by atoms with van der Waals surface area (Å²) in [5.41, 5.74) is -2.52. The number of rotatable bonds is 4. The van der Waals surface area contributed by atoms with E-state index in [0.717, 1.165) is 18.2 Å². The average Bonchev–Trinajstić information content (AvgIpc) is 2.68. The number of aliphatic hydroxyl groups is 1. The molecule has 31 heavy (non-hydrogen) atoms. The summed E-state index contributed by atoms with van der Waals surface area (Å²) >= 11 is 0. The van der Waals surface area contributed by atoms with E-state index in [4.69, 9.17) is 5.26 Å². The number of halogens is 4. The van der Waals surface area contributed by atoms with Crippen LogP contribution in [0.3, 0.4) is 0 Å². The molecule has 0 aliphatic heterocycles. The lowest BCUT2D eigenvalue weighted by Gasteiger charge is -2.33. The van der Waals surface area contributed by atoms with Crippen molar-refractivity contribution in [3.63, 3.8) is 0 Å². The van der Waals surface area contributed by atoms with Crippen LogP contribution in [0.1, 0.15) is 43.7 Å². The molecule has 0 bridgehead atoms. The molecule has 1 aliphatic carbocycles. The summed E-state index contributed by atoms with van der Waals surface area (Å²) in [5.74, 6) is -1.67. The average molecular weight is 455 g/mol. The molecule has 1 aliphatic rings. The second-order valence-electron chi connectivity index (χ2n) is 8.24. The fourth-order valence-corrected chi connectivity index (χ4v) is 5.79. The van der Waals surface area contributed by atoms with E-state index in [1.54, 1.807) is 13.0 Å². The van der Waals surface area contributed by atoms with Crippen molar-refractivity contribution in [1.29, 1.82) is 5.26 Å². The summed E-state index contributed by atoms with van der Waals surface area (Å²) in [5, 5.41) is 18.8. The van der Waals surface area contributed by atoms with Crippen molar-refractivity contribution in [1.82, 2.24) is 0 Å². The number of benzene rings is 2. The molecule has 2 aromatic carbocycles. The molecule has 0 unspecified atom stereocenters. The minimum Gasteiger partial charge on any atom is -0.390 e. The number of sulfone groups is 1. The fourth-order valence-electron chi connectivity index (χ4n) is 3.88. The van der Waals surface area contributed by atoms with E-state index < -0.39 is 43.6 Å². The Bertz CT molecular complexity index is 1120. The molecule has 0 atom stereocenters. The van der Waals surface area contributed by atoms with Crippen LogP contribution in [-0.2, 0) is 16.0 Å². The number of hydrogen-bond acceptors (Lipinski definition) is 4. The molecule has 0 spiro atoms. The number of nitriles is 1. The van der Waals surface area contributed by atoms with Crippen molar-refractivity contribution >= 4 is 9.84 Å². The molecule has 1 saturated carbocycles. The van der Waals surface area contributed by atoms with Crippen LogP contribution in [0.15, 0.2) is 41.3 Å². The third-order valence-electron chi connectivity index (χ3n) is 5.67. The van der Waals surface area contributed by atoms with Crippen LogP contribution in [0.2, 0.25) is 0 Å². The van der Waals surface area contributed by atoms with Gasteiger partial charge in [0.05, 0.1) is 33.4 Å². The molecular weight excluding hydrogens is 434 g/mol. The molecule has 0 saturated heterocycles. The SMILES string of the molecule is CC1(O)CCC(CS(=O)(=O)c2ccc(-c3ccc(C#N)cc3F)cc2C(F)(F)F)CC1. The van der Waals surface area contributed by atoms with E-state index in [2.05, 4.69) is 0 Å². The van der Waals surface area contributed by atoms with Crippen LogP contribution in [0.5, 0.6) is 0 Å². The van der Waals surface area contributed by atoms with Crippen LogP contribution in [0.4, 0.5) is 17.6 Å². The summed E-state index contributed by atoms with van der Waals surface area (Å²) in [6, 6.07) is 7.74. The second kappa shape index (κ2) is 8.24. The maximum atomic E-state index is 14.3. The highest BCUT2D eigenvalue weighted by atomic mass is 32.2. The second-order valence-corrected chi connectivity index (χ2v) is 10.2. The minimum atomic E-state index is -4.96. The topological polar surface area (TPSA) is 78.2 Å². The Hall–Kier alpha value is -2.44. The number of hydrogen-bond donors (Lipinski definition) is 1.